The molecule has 0 saturated heterocycles. The lowest BCUT2D eigenvalue weighted by Gasteiger charge is -2.25. The highest BCUT2D eigenvalue weighted by Gasteiger charge is 2.18. The van der Waals surface area contributed by atoms with Gasteiger partial charge in [0.25, 0.3) is 11.5 Å². The van der Waals surface area contributed by atoms with Crippen molar-refractivity contribution in [2.45, 2.75) is 20.0 Å². The van der Waals surface area contributed by atoms with Crippen molar-refractivity contribution in [1.29, 1.82) is 0 Å². The van der Waals surface area contributed by atoms with Crippen molar-refractivity contribution in [3.63, 3.8) is 0 Å². The lowest BCUT2D eigenvalue weighted by molar-refractivity contribution is 0.0732. The third kappa shape index (κ3) is 4.81. The molecular weight excluding hydrogens is 384 g/mol. The van der Waals surface area contributed by atoms with Crippen LogP contribution in [0.15, 0.2) is 53.3 Å². The summed E-state index contributed by atoms with van der Waals surface area (Å²) in [5, 5.41) is 0.528. The van der Waals surface area contributed by atoms with Crippen LogP contribution in [0.4, 0.5) is 0 Å². The minimum absolute atomic E-state index is 0.0726. The maximum Gasteiger partial charge on any atom is 0.262 e. The zero-order chi connectivity index (χ0) is 21.0. The van der Waals surface area contributed by atoms with Crippen LogP contribution in [0.5, 0.6) is 0 Å². The summed E-state index contributed by atoms with van der Waals surface area (Å²) in [6, 6.07) is 15.1. The zero-order valence-corrected chi connectivity index (χ0v) is 17.8. The Labute approximate surface area is 175 Å². The van der Waals surface area contributed by atoms with Crippen LogP contribution < -0.4 is 5.56 Å². The molecule has 1 aromatic heterocycles. The van der Waals surface area contributed by atoms with Crippen molar-refractivity contribution < 1.29 is 4.79 Å². The number of nitrogens with one attached hydrogen (secondary N) is 1. The number of likely N-dealkylation sites (N-methyl/N-ethyl adjacent to an activating group) is 1. The van der Waals surface area contributed by atoms with E-state index in [4.69, 9.17) is 12.2 Å². The van der Waals surface area contributed by atoms with Crippen LogP contribution in [0.1, 0.15) is 22.8 Å². The summed E-state index contributed by atoms with van der Waals surface area (Å²) in [6.07, 6.45) is 0. The first kappa shape index (κ1) is 21.0. The standard InChI is InChI=1S/C22H26N4O2S/c1-4-26-21(28)18-11-10-17(14-19(18)23-22(26)29)20(27)25(13-12-24(2)3)15-16-8-6-5-7-9-16/h5-11,14H,4,12-13,15H2,1-3H3,(H,23,29). The van der Waals surface area contributed by atoms with Gasteiger partial charge in [-0.2, -0.15) is 0 Å². The van der Waals surface area contributed by atoms with Gasteiger partial charge in [0.05, 0.1) is 10.9 Å². The lowest BCUT2D eigenvalue weighted by Crippen LogP contribution is -2.36. The van der Waals surface area contributed by atoms with E-state index in [1.165, 1.54) is 4.57 Å². The summed E-state index contributed by atoms with van der Waals surface area (Å²) < 4.78 is 1.88. The molecule has 0 bridgehead atoms. The number of hydrogen-bond acceptors (Lipinski definition) is 4. The summed E-state index contributed by atoms with van der Waals surface area (Å²) in [6.45, 7) is 4.27. The SMILES string of the molecule is CCn1c(=S)[nH]c2cc(C(=O)N(CCN(C)C)Cc3ccccc3)ccc2c1=O. The van der Waals surface area contributed by atoms with E-state index in [1.54, 1.807) is 18.2 Å². The Morgan fingerprint density at radius 2 is 1.83 bits per heavy atom. The number of aromatic amines is 1. The van der Waals surface area contributed by atoms with Crippen LogP contribution in [0.2, 0.25) is 0 Å². The number of nitrogens with zero attached hydrogens (tertiary/aromatic N) is 3. The molecular formula is C22H26N4O2S. The van der Waals surface area contributed by atoms with E-state index in [0.29, 0.717) is 40.9 Å². The molecule has 2 aromatic carbocycles. The van der Waals surface area contributed by atoms with Crippen molar-refractivity contribution in [3.8, 4) is 0 Å². The summed E-state index contributed by atoms with van der Waals surface area (Å²) >= 11 is 5.29. The van der Waals surface area contributed by atoms with Crippen LogP contribution >= 0.6 is 12.2 Å². The Bertz CT molecular complexity index is 1120. The fourth-order valence-corrected chi connectivity index (χ4v) is 3.56. The van der Waals surface area contributed by atoms with Crippen molar-refractivity contribution in [2.75, 3.05) is 27.2 Å². The van der Waals surface area contributed by atoms with Gasteiger partial charge in [0.15, 0.2) is 4.77 Å². The number of amides is 1. The van der Waals surface area contributed by atoms with E-state index in [1.807, 2.05) is 56.3 Å². The Morgan fingerprint density at radius 1 is 1.10 bits per heavy atom. The van der Waals surface area contributed by atoms with Crippen molar-refractivity contribution in [1.82, 2.24) is 19.4 Å². The molecule has 1 amide bonds. The fourth-order valence-electron chi connectivity index (χ4n) is 3.23. The van der Waals surface area contributed by atoms with Crippen LogP contribution in [-0.2, 0) is 13.1 Å². The zero-order valence-electron chi connectivity index (χ0n) is 17.0. The Kier molecular flexibility index (Phi) is 6.61. The summed E-state index contributed by atoms with van der Waals surface area (Å²) in [4.78, 5) is 32.8. The normalized spacial score (nSPS) is 11.2. The molecule has 0 radical (unpaired) electrons. The van der Waals surface area contributed by atoms with E-state index in [-0.39, 0.29) is 11.5 Å². The molecule has 6 nitrogen and oxygen atoms in total. The number of H-pyrrole nitrogens is 1. The van der Waals surface area contributed by atoms with Gasteiger partial charge in [-0.05, 0) is 57.0 Å². The van der Waals surface area contributed by atoms with Crippen molar-refractivity contribution in [2.24, 2.45) is 0 Å². The molecule has 0 aliphatic heterocycles. The predicted octanol–water partition coefficient (Wildman–Crippen LogP) is 3.28. The third-order valence-electron chi connectivity index (χ3n) is 4.87. The van der Waals surface area contributed by atoms with E-state index in [0.717, 1.165) is 12.1 Å². The number of fused-ring (bicyclic) bond motifs is 1. The molecule has 0 atom stereocenters. The summed E-state index contributed by atoms with van der Waals surface area (Å²) in [7, 11) is 3.97. The second kappa shape index (κ2) is 9.15. The van der Waals surface area contributed by atoms with Crippen LogP contribution in [0.25, 0.3) is 10.9 Å². The second-order valence-electron chi connectivity index (χ2n) is 7.26. The third-order valence-corrected chi connectivity index (χ3v) is 5.19. The van der Waals surface area contributed by atoms with E-state index in [2.05, 4.69) is 9.88 Å². The summed E-state index contributed by atoms with van der Waals surface area (Å²) in [5.41, 5.74) is 2.05. The molecule has 3 aromatic rings. The van der Waals surface area contributed by atoms with Crippen LogP contribution in [-0.4, -0.2) is 52.4 Å². The van der Waals surface area contributed by atoms with Gasteiger partial charge in [-0.25, -0.2) is 0 Å². The maximum atomic E-state index is 13.3. The average molecular weight is 411 g/mol. The number of rotatable bonds is 7. The molecule has 29 heavy (non-hydrogen) atoms. The van der Waals surface area contributed by atoms with Gasteiger partial charge in [0, 0.05) is 31.7 Å². The highest BCUT2D eigenvalue weighted by Crippen LogP contribution is 2.15. The molecule has 3 rings (SSSR count). The van der Waals surface area contributed by atoms with Gasteiger partial charge in [0.1, 0.15) is 0 Å². The number of carbonyl (C=O) groups excluding carboxylic acids is 1. The lowest BCUT2D eigenvalue weighted by atomic mass is 10.1. The molecule has 1 heterocycles. The minimum atomic E-state index is -0.140. The molecule has 7 heteroatoms. The molecule has 0 aliphatic carbocycles. The largest absolute Gasteiger partial charge is 0.333 e. The van der Waals surface area contributed by atoms with Gasteiger partial charge in [-0.1, -0.05) is 30.3 Å². The summed E-state index contributed by atoms with van der Waals surface area (Å²) in [5.74, 6) is -0.0726. The number of benzene rings is 2. The molecule has 0 saturated carbocycles. The predicted molar refractivity (Wildman–Crippen MR) is 119 cm³/mol. The van der Waals surface area contributed by atoms with Gasteiger partial charge in [0.2, 0.25) is 0 Å². The van der Waals surface area contributed by atoms with E-state index in [9.17, 15) is 9.59 Å². The van der Waals surface area contributed by atoms with Gasteiger partial charge < -0.3 is 14.8 Å². The number of aromatic nitrogens is 2. The molecule has 0 unspecified atom stereocenters. The van der Waals surface area contributed by atoms with Crippen molar-refractivity contribution >= 4 is 29.0 Å². The minimum Gasteiger partial charge on any atom is -0.333 e. The molecule has 152 valence electrons. The Morgan fingerprint density at radius 3 is 2.48 bits per heavy atom. The first-order valence-corrected chi connectivity index (χ1v) is 10.1. The van der Waals surface area contributed by atoms with Gasteiger partial charge >= 0.3 is 0 Å². The van der Waals surface area contributed by atoms with E-state index >= 15 is 0 Å². The van der Waals surface area contributed by atoms with Crippen LogP contribution in [0, 0.1) is 4.77 Å². The van der Waals surface area contributed by atoms with Gasteiger partial charge in [-0.15, -0.1) is 0 Å². The van der Waals surface area contributed by atoms with Gasteiger partial charge in [-0.3, -0.25) is 14.2 Å². The van der Waals surface area contributed by atoms with Crippen molar-refractivity contribution in [3.05, 3.63) is 74.8 Å². The van der Waals surface area contributed by atoms with E-state index < -0.39 is 0 Å². The average Bonchev–Trinajstić information content (AvgIpc) is 2.71. The molecule has 0 fully saturated rings. The molecule has 1 N–H and O–H groups in total. The number of hydrogen-bond donors (Lipinski definition) is 1. The second-order valence-corrected chi connectivity index (χ2v) is 7.64. The quantitative estimate of drug-likeness (QED) is 0.607. The van der Waals surface area contributed by atoms with Crippen LogP contribution in [0.3, 0.4) is 0 Å². The molecule has 0 aliphatic rings. The first-order valence-electron chi connectivity index (χ1n) is 9.65. The Hall–Kier alpha value is -2.77. The highest BCUT2D eigenvalue weighted by molar-refractivity contribution is 7.71. The topological polar surface area (TPSA) is 61.3 Å². The maximum absolute atomic E-state index is 13.3. The molecule has 0 spiro atoms. The first-order chi connectivity index (χ1) is 13.9. The fraction of sp³-hybridized carbons (Fsp3) is 0.318. The smallest absolute Gasteiger partial charge is 0.262 e. The number of carbonyl (C=O) groups is 1. The Balaban J connectivity index is 1.96. The monoisotopic (exact) mass is 410 g/mol. The highest BCUT2D eigenvalue weighted by atomic mass is 32.1.